The van der Waals surface area contributed by atoms with Gasteiger partial charge in [0.25, 0.3) is 17.7 Å². The fraction of sp³-hybridized carbons (Fsp3) is 0.522. The van der Waals surface area contributed by atoms with Crippen LogP contribution in [0.2, 0.25) is 0 Å². The molecule has 0 radical (unpaired) electrons. The summed E-state index contributed by atoms with van der Waals surface area (Å²) in [4.78, 5) is 21.2. The van der Waals surface area contributed by atoms with Crippen molar-refractivity contribution in [1.82, 2.24) is 19.6 Å². The summed E-state index contributed by atoms with van der Waals surface area (Å²) >= 11 is 0. The van der Waals surface area contributed by atoms with Crippen molar-refractivity contribution in [1.29, 1.82) is 0 Å². The Balaban J connectivity index is 1.29. The maximum Gasteiger partial charge on any atom is 0.278 e. The summed E-state index contributed by atoms with van der Waals surface area (Å²) in [6, 6.07) is 6.26. The van der Waals surface area contributed by atoms with Gasteiger partial charge in [0.15, 0.2) is 0 Å². The van der Waals surface area contributed by atoms with Crippen molar-refractivity contribution in [2.75, 3.05) is 20.2 Å². The quantitative estimate of drug-likeness (QED) is 0.657. The van der Waals surface area contributed by atoms with Crippen molar-refractivity contribution in [3.05, 3.63) is 42.2 Å². The van der Waals surface area contributed by atoms with Gasteiger partial charge in [0, 0.05) is 37.1 Å². The molecule has 0 bridgehead atoms. The number of ether oxygens (including phenoxy) is 2. The largest absolute Gasteiger partial charge is 0.477 e. The molecule has 2 heterocycles. The number of methoxy groups -OCH3 is 1. The number of hydrogen-bond acceptors (Lipinski definition) is 7. The molecule has 1 aromatic heterocycles. The van der Waals surface area contributed by atoms with Crippen LogP contribution in [0, 0.1) is 0 Å². The summed E-state index contributed by atoms with van der Waals surface area (Å²) in [5, 5.41) is 3.06. The van der Waals surface area contributed by atoms with Gasteiger partial charge >= 0.3 is 0 Å². The molecule has 1 aromatic carbocycles. The van der Waals surface area contributed by atoms with Crippen LogP contribution in [0.5, 0.6) is 11.8 Å². The van der Waals surface area contributed by atoms with Crippen molar-refractivity contribution in [2.45, 2.75) is 62.0 Å². The second-order valence-electron chi connectivity index (χ2n) is 8.42. The summed E-state index contributed by atoms with van der Waals surface area (Å²) in [7, 11) is -1.97. The van der Waals surface area contributed by atoms with E-state index in [1.54, 1.807) is 24.5 Å². The van der Waals surface area contributed by atoms with Crippen LogP contribution < -0.4 is 14.8 Å². The number of nitrogens with one attached hydrogen (secondary N) is 1. The molecule has 1 amide bonds. The third-order valence-electron chi connectivity index (χ3n) is 6.18. The van der Waals surface area contributed by atoms with E-state index in [0.717, 1.165) is 44.9 Å². The van der Waals surface area contributed by atoms with E-state index in [4.69, 9.17) is 9.47 Å². The monoisotopic (exact) mass is 474 g/mol. The summed E-state index contributed by atoms with van der Waals surface area (Å²) in [6.07, 6.45) is 9.05. The first-order valence-electron chi connectivity index (χ1n) is 11.4. The predicted octanol–water partition coefficient (Wildman–Crippen LogP) is 2.78. The third-order valence-corrected chi connectivity index (χ3v) is 8.10. The van der Waals surface area contributed by atoms with Crippen molar-refractivity contribution < 1.29 is 22.7 Å². The van der Waals surface area contributed by atoms with Crippen LogP contribution >= 0.6 is 0 Å². The molecule has 2 aromatic rings. The maximum atomic E-state index is 12.8. The van der Waals surface area contributed by atoms with E-state index in [2.05, 4.69) is 15.3 Å². The zero-order chi connectivity index (χ0) is 23.3. The Labute approximate surface area is 194 Å². The Kier molecular flexibility index (Phi) is 7.44. The van der Waals surface area contributed by atoms with E-state index in [1.165, 1.54) is 23.5 Å². The van der Waals surface area contributed by atoms with Gasteiger partial charge in [0.05, 0.1) is 12.0 Å². The van der Waals surface area contributed by atoms with E-state index < -0.39 is 10.0 Å². The third kappa shape index (κ3) is 5.62. The number of hydrogen-bond donors (Lipinski definition) is 1. The van der Waals surface area contributed by atoms with Gasteiger partial charge in [-0.2, -0.15) is 4.31 Å². The highest BCUT2D eigenvalue weighted by Crippen LogP contribution is 2.27. The van der Waals surface area contributed by atoms with Crippen LogP contribution in [-0.2, 0) is 10.0 Å². The topological polar surface area (TPSA) is 111 Å². The maximum absolute atomic E-state index is 12.8. The van der Waals surface area contributed by atoms with Crippen molar-refractivity contribution in [2.24, 2.45) is 0 Å². The summed E-state index contributed by atoms with van der Waals surface area (Å²) < 4.78 is 38.2. The second kappa shape index (κ2) is 10.5. The van der Waals surface area contributed by atoms with Gasteiger partial charge in [-0.3, -0.25) is 4.79 Å². The van der Waals surface area contributed by atoms with Crippen LogP contribution in [0.3, 0.4) is 0 Å². The van der Waals surface area contributed by atoms with Crippen LogP contribution in [0.25, 0.3) is 0 Å². The number of nitrogens with zero attached hydrogens (tertiary/aromatic N) is 3. The van der Waals surface area contributed by atoms with E-state index in [-0.39, 0.29) is 22.9 Å². The zero-order valence-corrected chi connectivity index (χ0v) is 19.6. The van der Waals surface area contributed by atoms with Gasteiger partial charge in [-0.05, 0) is 62.8 Å². The molecule has 9 nitrogen and oxygen atoms in total. The summed E-state index contributed by atoms with van der Waals surface area (Å²) in [5.74, 6) is 0.544. The Morgan fingerprint density at radius 1 is 0.970 bits per heavy atom. The lowest BCUT2D eigenvalue weighted by atomic mass is 9.92. The average molecular weight is 475 g/mol. The van der Waals surface area contributed by atoms with Crippen molar-refractivity contribution in [3.8, 4) is 11.8 Å². The minimum Gasteiger partial charge on any atom is -0.477 e. The molecule has 0 atom stereocenters. The first kappa shape index (κ1) is 23.4. The minimum atomic E-state index is -3.50. The number of carbonyl (C=O) groups is 1. The lowest BCUT2D eigenvalue weighted by Gasteiger charge is -2.29. The minimum absolute atomic E-state index is 0.0111. The summed E-state index contributed by atoms with van der Waals surface area (Å²) in [6.45, 7) is 1.11. The predicted molar refractivity (Wildman–Crippen MR) is 122 cm³/mol. The normalized spacial score (nSPS) is 21.8. The smallest absolute Gasteiger partial charge is 0.278 e. The second-order valence-corrected chi connectivity index (χ2v) is 10.4. The number of piperidine rings is 1. The van der Waals surface area contributed by atoms with Crippen molar-refractivity contribution in [3.63, 3.8) is 0 Å². The molecule has 0 spiro atoms. The Morgan fingerprint density at radius 3 is 2.24 bits per heavy atom. The van der Waals surface area contributed by atoms with Crippen LogP contribution in [0.1, 0.15) is 55.3 Å². The lowest BCUT2D eigenvalue weighted by Crippen LogP contribution is -2.39. The Bertz CT molecular complexity index is 1050. The molecule has 33 heavy (non-hydrogen) atoms. The van der Waals surface area contributed by atoms with Crippen LogP contribution in [0.4, 0.5) is 0 Å². The molecule has 1 aliphatic heterocycles. The molecule has 2 fully saturated rings. The van der Waals surface area contributed by atoms with Crippen LogP contribution in [0.15, 0.2) is 41.6 Å². The number of amides is 1. The lowest BCUT2D eigenvalue weighted by molar-refractivity contribution is 0.0886. The van der Waals surface area contributed by atoms with Gasteiger partial charge in [0.1, 0.15) is 6.10 Å². The Hall–Kier alpha value is -2.72. The van der Waals surface area contributed by atoms with Gasteiger partial charge < -0.3 is 14.8 Å². The van der Waals surface area contributed by atoms with Crippen molar-refractivity contribution >= 4 is 15.9 Å². The highest BCUT2D eigenvalue weighted by Gasteiger charge is 2.27. The summed E-state index contributed by atoms with van der Waals surface area (Å²) in [5.41, 5.74) is 0.454. The molecule has 1 N–H and O–H groups in total. The molecule has 4 rings (SSSR count). The number of rotatable bonds is 7. The molecule has 0 unspecified atom stereocenters. The molecular formula is C23H30N4O5S. The fourth-order valence-corrected chi connectivity index (χ4v) is 5.83. The number of sulfonamides is 1. The molecular weight excluding hydrogens is 444 g/mol. The van der Waals surface area contributed by atoms with Crippen LogP contribution in [-0.4, -0.2) is 60.9 Å². The molecule has 2 aliphatic rings. The average Bonchev–Trinajstić information content (AvgIpc) is 2.86. The first-order chi connectivity index (χ1) is 16.0. The Morgan fingerprint density at radius 2 is 1.61 bits per heavy atom. The van der Waals surface area contributed by atoms with E-state index in [1.807, 2.05) is 0 Å². The standard InChI is InChI=1S/C23H30N4O5S/c1-31-22-23(25-14-13-24-22)32-19-9-7-18(8-10-19)26-21(28)17-5-11-20(12-6-17)33(29,30)27-15-3-2-4-16-27/h5-6,11-14,18-19H,2-4,7-10,15-16H2,1H3,(H,26,28). The first-order valence-corrected chi connectivity index (χ1v) is 12.8. The number of aromatic nitrogens is 2. The highest BCUT2D eigenvalue weighted by atomic mass is 32.2. The van der Waals surface area contributed by atoms with E-state index >= 15 is 0 Å². The van der Waals surface area contributed by atoms with Gasteiger partial charge in [-0.1, -0.05) is 6.42 Å². The molecule has 1 saturated heterocycles. The highest BCUT2D eigenvalue weighted by molar-refractivity contribution is 7.89. The van der Waals surface area contributed by atoms with Gasteiger partial charge in [-0.15, -0.1) is 0 Å². The van der Waals surface area contributed by atoms with Gasteiger partial charge in [0.2, 0.25) is 10.0 Å². The fourth-order valence-electron chi connectivity index (χ4n) is 4.32. The number of carbonyl (C=O) groups excluding carboxylic acids is 1. The van der Waals surface area contributed by atoms with E-state index in [0.29, 0.717) is 30.4 Å². The molecule has 1 aliphatic carbocycles. The molecule has 1 saturated carbocycles. The van der Waals surface area contributed by atoms with Gasteiger partial charge in [-0.25, -0.2) is 18.4 Å². The molecule has 10 heteroatoms. The zero-order valence-electron chi connectivity index (χ0n) is 18.8. The SMILES string of the molecule is COc1nccnc1OC1CCC(NC(=O)c2ccc(S(=O)(=O)N3CCCCC3)cc2)CC1. The number of benzene rings is 1. The molecule has 178 valence electrons. The van der Waals surface area contributed by atoms with E-state index in [9.17, 15) is 13.2 Å².